The Morgan fingerprint density at radius 3 is 2.66 bits per heavy atom. The SMILES string of the molecule is CN=C(NCCCCN1CCCC(C)C1)NCc1ccc(S(C)(=O)=O)c(C)c1.I. The van der Waals surface area contributed by atoms with E-state index in [1.165, 1.54) is 45.2 Å². The molecule has 166 valence electrons. The minimum absolute atomic E-state index is 0. The van der Waals surface area contributed by atoms with E-state index < -0.39 is 9.84 Å². The van der Waals surface area contributed by atoms with Gasteiger partial charge in [-0.1, -0.05) is 19.1 Å². The molecule has 0 aromatic heterocycles. The van der Waals surface area contributed by atoms with Crippen LogP contribution in [0.3, 0.4) is 0 Å². The molecule has 1 atom stereocenters. The summed E-state index contributed by atoms with van der Waals surface area (Å²) < 4.78 is 23.4. The lowest BCUT2D eigenvalue weighted by Crippen LogP contribution is -2.38. The average Bonchev–Trinajstić information content (AvgIpc) is 2.63. The van der Waals surface area contributed by atoms with E-state index in [1.54, 1.807) is 13.1 Å². The van der Waals surface area contributed by atoms with Crippen LogP contribution in [0.15, 0.2) is 28.1 Å². The van der Waals surface area contributed by atoms with Crippen LogP contribution in [0.25, 0.3) is 0 Å². The zero-order valence-corrected chi connectivity index (χ0v) is 21.3. The molecule has 1 aliphatic rings. The summed E-state index contributed by atoms with van der Waals surface area (Å²) in [5.74, 6) is 1.61. The number of piperidine rings is 1. The van der Waals surface area contributed by atoms with E-state index in [2.05, 4.69) is 27.4 Å². The Hall–Kier alpha value is -0.870. The van der Waals surface area contributed by atoms with E-state index in [0.29, 0.717) is 11.4 Å². The standard InChI is InChI=1S/C21H36N4O2S.HI/c1-17-8-7-13-25(16-17)12-6-5-11-23-21(22-3)24-15-19-9-10-20(18(2)14-19)28(4,26)27;/h9-10,14,17H,5-8,11-13,15-16H2,1-4H3,(H2,22,23,24);1H. The van der Waals surface area contributed by atoms with Crippen molar-refractivity contribution in [3.05, 3.63) is 29.3 Å². The van der Waals surface area contributed by atoms with E-state index in [0.717, 1.165) is 36.0 Å². The van der Waals surface area contributed by atoms with Gasteiger partial charge in [-0.05, 0) is 68.8 Å². The molecule has 1 saturated heterocycles. The van der Waals surface area contributed by atoms with Crippen LogP contribution < -0.4 is 10.6 Å². The van der Waals surface area contributed by atoms with Crippen LogP contribution in [0.4, 0.5) is 0 Å². The highest BCUT2D eigenvalue weighted by atomic mass is 127. The Morgan fingerprint density at radius 2 is 2.03 bits per heavy atom. The Bertz CT molecular complexity index is 768. The van der Waals surface area contributed by atoms with Crippen LogP contribution in [0.1, 0.15) is 43.7 Å². The Balaban J connectivity index is 0.00000420. The quantitative estimate of drug-likeness (QED) is 0.231. The van der Waals surface area contributed by atoms with Crippen molar-refractivity contribution in [1.29, 1.82) is 0 Å². The molecule has 29 heavy (non-hydrogen) atoms. The Kier molecular flexibility index (Phi) is 11.5. The fourth-order valence-electron chi connectivity index (χ4n) is 3.80. The number of aryl methyl sites for hydroxylation is 1. The number of halogens is 1. The van der Waals surface area contributed by atoms with Gasteiger partial charge in [0.05, 0.1) is 4.90 Å². The maximum absolute atomic E-state index is 11.7. The van der Waals surface area contributed by atoms with Gasteiger partial charge in [0.25, 0.3) is 0 Å². The van der Waals surface area contributed by atoms with Crippen LogP contribution in [0.5, 0.6) is 0 Å². The van der Waals surface area contributed by atoms with Crippen molar-refractivity contribution in [2.24, 2.45) is 10.9 Å². The second-order valence-corrected chi connectivity index (χ2v) is 9.96. The largest absolute Gasteiger partial charge is 0.356 e. The molecule has 1 unspecified atom stereocenters. The molecule has 0 radical (unpaired) electrons. The van der Waals surface area contributed by atoms with Crippen LogP contribution in [-0.4, -0.2) is 58.8 Å². The van der Waals surface area contributed by atoms with Gasteiger partial charge < -0.3 is 15.5 Å². The molecule has 2 N–H and O–H groups in total. The molecule has 8 heteroatoms. The van der Waals surface area contributed by atoms with Gasteiger partial charge in [0.1, 0.15) is 0 Å². The molecule has 1 heterocycles. The minimum atomic E-state index is -3.18. The van der Waals surface area contributed by atoms with Gasteiger partial charge in [-0.3, -0.25) is 4.99 Å². The molecule has 1 aliphatic heterocycles. The molecule has 1 aromatic carbocycles. The topological polar surface area (TPSA) is 73.8 Å². The predicted octanol–water partition coefficient (Wildman–Crippen LogP) is 3.19. The smallest absolute Gasteiger partial charge is 0.191 e. The summed E-state index contributed by atoms with van der Waals surface area (Å²) in [6.07, 6.45) is 6.26. The number of nitrogens with one attached hydrogen (secondary N) is 2. The van der Waals surface area contributed by atoms with E-state index in [4.69, 9.17) is 0 Å². The number of hydrogen-bond acceptors (Lipinski definition) is 4. The average molecular weight is 537 g/mol. The van der Waals surface area contributed by atoms with Crippen molar-refractivity contribution >= 4 is 39.8 Å². The van der Waals surface area contributed by atoms with Crippen molar-refractivity contribution in [2.45, 2.75) is 51.0 Å². The maximum Gasteiger partial charge on any atom is 0.191 e. The summed E-state index contributed by atoms with van der Waals surface area (Å²) in [6.45, 7) is 9.36. The van der Waals surface area contributed by atoms with Crippen molar-refractivity contribution in [3.63, 3.8) is 0 Å². The zero-order chi connectivity index (χ0) is 20.6. The number of nitrogens with zero attached hydrogens (tertiary/aromatic N) is 2. The second kappa shape index (κ2) is 12.7. The summed E-state index contributed by atoms with van der Waals surface area (Å²) in [5, 5.41) is 6.66. The van der Waals surface area contributed by atoms with E-state index in [9.17, 15) is 8.42 Å². The van der Waals surface area contributed by atoms with Gasteiger partial charge in [0, 0.05) is 32.9 Å². The lowest BCUT2D eigenvalue weighted by atomic mass is 10.0. The Morgan fingerprint density at radius 1 is 1.28 bits per heavy atom. The zero-order valence-electron chi connectivity index (χ0n) is 18.2. The van der Waals surface area contributed by atoms with Crippen molar-refractivity contribution in [1.82, 2.24) is 15.5 Å². The fourth-order valence-corrected chi connectivity index (χ4v) is 4.76. The molecular weight excluding hydrogens is 499 g/mol. The van der Waals surface area contributed by atoms with Gasteiger partial charge in [-0.15, -0.1) is 24.0 Å². The lowest BCUT2D eigenvalue weighted by molar-refractivity contribution is 0.181. The van der Waals surface area contributed by atoms with Crippen molar-refractivity contribution in [2.75, 3.05) is 39.5 Å². The maximum atomic E-state index is 11.7. The number of hydrogen-bond donors (Lipinski definition) is 2. The van der Waals surface area contributed by atoms with Crippen LogP contribution in [0.2, 0.25) is 0 Å². The number of rotatable bonds is 8. The number of sulfone groups is 1. The molecule has 0 spiro atoms. The Labute approximate surface area is 193 Å². The van der Waals surface area contributed by atoms with E-state index >= 15 is 0 Å². The lowest BCUT2D eigenvalue weighted by Gasteiger charge is -2.30. The highest BCUT2D eigenvalue weighted by Crippen LogP contribution is 2.17. The fraction of sp³-hybridized carbons (Fsp3) is 0.667. The van der Waals surface area contributed by atoms with Gasteiger partial charge in [0.2, 0.25) is 0 Å². The third kappa shape index (κ3) is 9.21. The molecule has 0 amide bonds. The van der Waals surface area contributed by atoms with Gasteiger partial charge in [-0.2, -0.15) is 0 Å². The van der Waals surface area contributed by atoms with E-state index in [-0.39, 0.29) is 24.0 Å². The molecular formula is C21H37IN4O2S. The molecule has 0 saturated carbocycles. The first kappa shape index (κ1) is 26.2. The first-order chi connectivity index (χ1) is 13.3. The van der Waals surface area contributed by atoms with Crippen LogP contribution >= 0.6 is 24.0 Å². The number of unbranched alkanes of at least 4 members (excludes halogenated alkanes) is 1. The van der Waals surface area contributed by atoms with Crippen LogP contribution in [-0.2, 0) is 16.4 Å². The van der Waals surface area contributed by atoms with Gasteiger partial charge in [0.15, 0.2) is 15.8 Å². The van der Waals surface area contributed by atoms with Crippen molar-refractivity contribution < 1.29 is 8.42 Å². The minimum Gasteiger partial charge on any atom is -0.356 e. The summed E-state index contributed by atoms with van der Waals surface area (Å²) in [4.78, 5) is 7.25. The summed E-state index contributed by atoms with van der Waals surface area (Å²) in [6, 6.07) is 5.44. The monoisotopic (exact) mass is 536 g/mol. The first-order valence-corrected chi connectivity index (χ1v) is 12.1. The molecule has 2 rings (SSSR count). The molecule has 6 nitrogen and oxygen atoms in total. The first-order valence-electron chi connectivity index (χ1n) is 10.3. The third-order valence-electron chi connectivity index (χ3n) is 5.26. The molecule has 0 aliphatic carbocycles. The summed E-state index contributed by atoms with van der Waals surface area (Å²) >= 11 is 0. The molecule has 0 bridgehead atoms. The summed E-state index contributed by atoms with van der Waals surface area (Å²) in [5.41, 5.74) is 1.81. The number of guanidine groups is 1. The normalized spacial score (nSPS) is 18.2. The van der Waals surface area contributed by atoms with Crippen LogP contribution in [0, 0.1) is 12.8 Å². The highest BCUT2D eigenvalue weighted by molar-refractivity contribution is 14.0. The molecule has 1 aromatic rings. The van der Waals surface area contributed by atoms with Gasteiger partial charge >= 0.3 is 0 Å². The summed E-state index contributed by atoms with van der Waals surface area (Å²) in [7, 11) is -1.41. The number of aliphatic imine (C=N–C) groups is 1. The number of likely N-dealkylation sites (tertiary alicyclic amines) is 1. The second-order valence-electron chi connectivity index (χ2n) is 7.98. The van der Waals surface area contributed by atoms with Crippen molar-refractivity contribution in [3.8, 4) is 0 Å². The number of benzene rings is 1. The van der Waals surface area contributed by atoms with E-state index in [1.807, 2.05) is 19.1 Å². The predicted molar refractivity (Wildman–Crippen MR) is 132 cm³/mol. The molecule has 1 fully saturated rings. The third-order valence-corrected chi connectivity index (χ3v) is 6.51. The van der Waals surface area contributed by atoms with Gasteiger partial charge in [-0.25, -0.2) is 8.42 Å². The highest BCUT2D eigenvalue weighted by Gasteiger charge is 2.15.